The Morgan fingerprint density at radius 3 is 2.96 bits per heavy atom. The van der Waals surface area contributed by atoms with E-state index in [4.69, 9.17) is 25.6 Å². The molecule has 1 saturated heterocycles. The van der Waals surface area contributed by atoms with Crippen molar-refractivity contribution < 1.29 is 18.9 Å². The molecule has 2 heterocycles. The van der Waals surface area contributed by atoms with Crippen LogP contribution >= 0.6 is 11.9 Å². The Hall–Kier alpha value is -1.27. The van der Waals surface area contributed by atoms with Crippen LogP contribution in [0.3, 0.4) is 0 Å². The second-order valence-electron chi connectivity index (χ2n) is 7.31. The summed E-state index contributed by atoms with van der Waals surface area (Å²) in [4.78, 5) is 2.41. The van der Waals surface area contributed by atoms with E-state index in [1.54, 1.807) is 7.11 Å². The van der Waals surface area contributed by atoms with Gasteiger partial charge in [0.15, 0.2) is 11.5 Å². The third-order valence-electron chi connectivity index (χ3n) is 6.64. The molecule has 2 aliphatic carbocycles. The van der Waals surface area contributed by atoms with Gasteiger partial charge in [-0.1, -0.05) is 18.2 Å². The standard InChI is InChI=1S/C18H20ClNO4/c1-20-8-7-17-11-4-6-14(21)18(17,22-2)23-16-13(24-19)5-3-10(15(16)17)9-12(11)20/h3-6,11-12,14,21H,7-9H2,1-2H3/t11-,12+,14-,17-,18-/m0/s1. The van der Waals surface area contributed by atoms with E-state index >= 15 is 0 Å². The summed E-state index contributed by atoms with van der Waals surface area (Å²) < 4.78 is 17.3. The summed E-state index contributed by atoms with van der Waals surface area (Å²) in [6.07, 6.45) is 4.92. The second-order valence-corrected chi connectivity index (χ2v) is 7.46. The predicted octanol–water partition coefficient (Wildman–Crippen LogP) is 2.00. The Morgan fingerprint density at radius 2 is 2.21 bits per heavy atom. The third-order valence-corrected chi connectivity index (χ3v) is 6.81. The molecule has 1 N–H and O–H groups in total. The van der Waals surface area contributed by atoms with Crippen molar-refractivity contribution in [1.82, 2.24) is 4.90 Å². The van der Waals surface area contributed by atoms with Gasteiger partial charge in [-0.15, -0.1) is 0 Å². The molecule has 2 bridgehead atoms. The first-order chi connectivity index (χ1) is 11.6. The number of nitrogens with zero attached hydrogens (tertiary/aromatic N) is 1. The summed E-state index contributed by atoms with van der Waals surface area (Å²) in [6.45, 7) is 0.932. The highest BCUT2D eigenvalue weighted by atomic mass is 35.5. The van der Waals surface area contributed by atoms with E-state index in [0.29, 0.717) is 17.5 Å². The number of methoxy groups -OCH3 is 1. The Kier molecular flexibility index (Phi) is 2.92. The molecular weight excluding hydrogens is 330 g/mol. The topological polar surface area (TPSA) is 51.2 Å². The molecule has 6 heteroatoms. The van der Waals surface area contributed by atoms with Crippen LogP contribution in [-0.4, -0.2) is 48.6 Å². The number of rotatable bonds is 2. The Labute approximate surface area is 145 Å². The van der Waals surface area contributed by atoms with Gasteiger partial charge in [-0.25, -0.2) is 0 Å². The zero-order valence-electron chi connectivity index (χ0n) is 13.7. The lowest BCUT2D eigenvalue weighted by Crippen LogP contribution is -2.71. The van der Waals surface area contributed by atoms with Crippen LogP contribution in [0.4, 0.5) is 0 Å². The Morgan fingerprint density at radius 1 is 1.38 bits per heavy atom. The maximum absolute atomic E-state index is 10.8. The quantitative estimate of drug-likeness (QED) is 0.828. The highest BCUT2D eigenvalue weighted by Crippen LogP contribution is 2.66. The fourth-order valence-corrected chi connectivity index (χ4v) is 5.77. The molecule has 1 aromatic carbocycles. The van der Waals surface area contributed by atoms with Crippen LogP contribution in [0.2, 0.25) is 0 Å². The second kappa shape index (κ2) is 4.67. The molecule has 4 aliphatic rings. The van der Waals surface area contributed by atoms with Crippen LogP contribution in [0.15, 0.2) is 24.3 Å². The van der Waals surface area contributed by atoms with E-state index in [1.807, 2.05) is 12.1 Å². The van der Waals surface area contributed by atoms with E-state index in [9.17, 15) is 5.11 Å². The molecular formula is C18H20ClNO4. The molecule has 0 amide bonds. The lowest BCUT2D eigenvalue weighted by atomic mass is 9.52. The van der Waals surface area contributed by atoms with Gasteiger partial charge in [0.2, 0.25) is 0 Å². The van der Waals surface area contributed by atoms with E-state index in [1.165, 1.54) is 5.56 Å². The fourth-order valence-electron chi connectivity index (χ4n) is 5.65. The number of aliphatic hydroxyl groups is 1. The minimum atomic E-state index is -1.13. The number of hydrogen-bond acceptors (Lipinski definition) is 5. The van der Waals surface area contributed by atoms with Crippen LogP contribution in [0.5, 0.6) is 11.5 Å². The van der Waals surface area contributed by atoms with E-state index in [2.05, 4.69) is 24.1 Å². The van der Waals surface area contributed by atoms with Gasteiger partial charge < -0.3 is 23.8 Å². The lowest BCUT2D eigenvalue weighted by Gasteiger charge is -2.59. The van der Waals surface area contributed by atoms with Gasteiger partial charge in [0, 0.05) is 24.6 Å². The first-order valence-electron chi connectivity index (χ1n) is 8.35. The van der Waals surface area contributed by atoms with Crippen LogP contribution in [0.25, 0.3) is 0 Å². The summed E-state index contributed by atoms with van der Waals surface area (Å²) in [6, 6.07) is 4.27. The first-order valence-corrected chi connectivity index (χ1v) is 8.65. The van der Waals surface area contributed by atoms with E-state index in [0.717, 1.165) is 24.9 Å². The van der Waals surface area contributed by atoms with Crippen LogP contribution in [0.1, 0.15) is 17.5 Å². The van der Waals surface area contributed by atoms with Crippen LogP contribution in [0, 0.1) is 5.92 Å². The Bertz CT molecular complexity index is 753. The van der Waals surface area contributed by atoms with Gasteiger partial charge >= 0.3 is 0 Å². The van der Waals surface area contributed by atoms with Crippen molar-refractivity contribution in [1.29, 1.82) is 0 Å². The van der Waals surface area contributed by atoms with E-state index in [-0.39, 0.29) is 5.92 Å². The number of halogens is 1. The van der Waals surface area contributed by atoms with Crippen molar-refractivity contribution in [2.45, 2.75) is 36.2 Å². The largest absolute Gasteiger partial charge is 0.454 e. The average Bonchev–Trinajstić information content (AvgIpc) is 2.91. The summed E-state index contributed by atoms with van der Waals surface area (Å²) >= 11 is 5.69. The number of ether oxygens (including phenoxy) is 2. The Balaban J connectivity index is 1.87. The maximum atomic E-state index is 10.8. The molecule has 2 aliphatic heterocycles. The van der Waals surface area contributed by atoms with Gasteiger partial charge in [-0.2, -0.15) is 0 Å². The molecule has 24 heavy (non-hydrogen) atoms. The number of benzene rings is 1. The highest BCUT2D eigenvalue weighted by molar-refractivity contribution is 6.09. The molecule has 0 saturated carbocycles. The van der Waals surface area contributed by atoms with Gasteiger partial charge in [-0.05, 0) is 38.1 Å². The number of likely N-dealkylation sites (N-methyl/N-ethyl adjacent to an activating group) is 1. The minimum Gasteiger partial charge on any atom is -0.454 e. The van der Waals surface area contributed by atoms with Crippen molar-refractivity contribution in [2.75, 3.05) is 20.7 Å². The highest BCUT2D eigenvalue weighted by Gasteiger charge is 2.73. The normalized spacial score (nSPS) is 41.8. The molecule has 0 aromatic heterocycles. The van der Waals surface area contributed by atoms with Gasteiger partial charge in [0.05, 0.1) is 5.41 Å². The van der Waals surface area contributed by atoms with Crippen molar-refractivity contribution in [3.05, 3.63) is 35.4 Å². The summed E-state index contributed by atoms with van der Waals surface area (Å²) in [5.41, 5.74) is 1.93. The molecule has 1 fully saturated rings. The molecule has 1 aromatic rings. The monoisotopic (exact) mass is 349 g/mol. The number of aliphatic hydroxyl groups excluding tert-OH is 1. The molecule has 128 valence electrons. The number of piperidine rings is 1. The van der Waals surface area contributed by atoms with Crippen molar-refractivity contribution >= 4 is 11.9 Å². The average molecular weight is 350 g/mol. The zero-order valence-corrected chi connectivity index (χ0v) is 14.4. The molecule has 0 unspecified atom stereocenters. The van der Waals surface area contributed by atoms with Crippen LogP contribution < -0.4 is 9.03 Å². The molecule has 5 atom stereocenters. The van der Waals surface area contributed by atoms with Gasteiger partial charge in [-0.3, -0.25) is 0 Å². The first kappa shape index (κ1) is 15.0. The molecule has 5 nitrogen and oxygen atoms in total. The fraction of sp³-hybridized carbons (Fsp3) is 0.556. The predicted molar refractivity (Wildman–Crippen MR) is 88.3 cm³/mol. The smallest absolute Gasteiger partial charge is 0.250 e. The molecule has 1 spiro atoms. The number of hydrogen-bond donors (Lipinski definition) is 1. The zero-order chi connectivity index (χ0) is 16.7. The van der Waals surface area contributed by atoms with Crippen molar-refractivity contribution in [3.63, 3.8) is 0 Å². The van der Waals surface area contributed by atoms with Gasteiger partial charge in [0.25, 0.3) is 5.79 Å². The van der Waals surface area contributed by atoms with Crippen LogP contribution in [-0.2, 0) is 16.6 Å². The van der Waals surface area contributed by atoms with E-state index < -0.39 is 17.3 Å². The third kappa shape index (κ3) is 1.41. The SMILES string of the molecule is CO[C@@]12Oc3c(OCl)ccc4c3[C@@]13CCN(C)[C@H](C4)[C@@H]3C=C[C@@H]2O. The lowest BCUT2D eigenvalue weighted by molar-refractivity contribution is -0.264. The summed E-state index contributed by atoms with van der Waals surface area (Å²) in [7, 11) is 3.78. The number of likely N-dealkylation sites (tertiary alicyclic amines) is 1. The maximum Gasteiger partial charge on any atom is 0.250 e. The summed E-state index contributed by atoms with van der Waals surface area (Å²) in [5.74, 6) is 0.201. The summed E-state index contributed by atoms with van der Waals surface area (Å²) in [5, 5.41) is 10.8. The van der Waals surface area contributed by atoms with Crippen molar-refractivity contribution in [2.24, 2.45) is 5.92 Å². The van der Waals surface area contributed by atoms with Crippen molar-refractivity contribution in [3.8, 4) is 11.5 Å². The molecule has 5 rings (SSSR count). The molecule has 0 radical (unpaired) electrons. The minimum absolute atomic E-state index is 0.221. The van der Waals surface area contributed by atoms with Gasteiger partial charge in [0.1, 0.15) is 18.0 Å².